The number of anilines is 1. The van der Waals surface area contributed by atoms with E-state index in [1.165, 1.54) is 12.3 Å². The van der Waals surface area contributed by atoms with Crippen LogP contribution in [0.4, 0.5) is 10.2 Å². The van der Waals surface area contributed by atoms with Crippen molar-refractivity contribution in [1.82, 2.24) is 4.98 Å². The summed E-state index contributed by atoms with van der Waals surface area (Å²) in [6.07, 6.45) is 1.51. The maximum Gasteiger partial charge on any atom is 0.256 e. The molecular formula is C13H10ClFN2O. The highest BCUT2D eigenvalue weighted by Gasteiger charge is 2.10. The Kier molecular flexibility index (Phi) is 3.58. The fourth-order valence-electron chi connectivity index (χ4n) is 1.39. The summed E-state index contributed by atoms with van der Waals surface area (Å²) in [6, 6.07) is 7.54. The summed E-state index contributed by atoms with van der Waals surface area (Å²) in [7, 11) is 0. The molecule has 0 radical (unpaired) electrons. The minimum atomic E-state index is -0.450. The third-order valence-corrected chi connectivity index (χ3v) is 2.73. The van der Waals surface area contributed by atoms with Gasteiger partial charge in [-0.25, -0.2) is 9.37 Å². The number of nitrogens with zero attached hydrogens (tertiary/aromatic N) is 1. The number of hydrogen-bond acceptors (Lipinski definition) is 2. The van der Waals surface area contributed by atoms with Crippen LogP contribution in [-0.4, -0.2) is 10.9 Å². The molecule has 0 unspecified atom stereocenters. The molecule has 5 heteroatoms. The van der Waals surface area contributed by atoms with E-state index in [9.17, 15) is 9.18 Å². The zero-order valence-corrected chi connectivity index (χ0v) is 10.3. The molecule has 0 fully saturated rings. The highest BCUT2D eigenvalue weighted by atomic mass is 35.5. The molecular weight excluding hydrogens is 255 g/mol. The molecule has 1 amide bonds. The lowest BCUT2D eigenvalue weighted by atomic mass is 10.1. The SMILES string of the molecule is Cc1ccc(C(=O)Nc2ncccc2Cl)cc1F. The number of pyridine rings is 1. The van der Waals surface area contributed by atoms with Gasteiger partial charge in [-0.15, -0.1) is 0 Å². The molecule has 92 valence electrons. The Morgan fingerprint density at radius 2 is 2.17 bits per heavy atom. The van der Waals surface area contributed by atoms with E-state index < -0.39 is 11.7 Å². The number of amides is 1. The van der Waals surface area contributed by atoms with Gasteiger partial charge in [0.2, 0.25) is 0 Å². The van der Waals surface area contributed by atoms with Crippen LogP contribution in [0.5, 0.6) is 0 Å². The number of benzene rings is 1. The van der Waals surface area contributed by atoms with Gasteiger partial charge in [-0.05, 0) is 36.8 Å². The monoisotopic (exact) mass is 264 g/mol. The van der Waals surface area contributed by atoms with E-state index in [1.807, 2.05) is 0 Å². The van der Waals surface area contributed by atoms with Crippen molar-refractivity contribution < 1.29 is 9.18 Å². The second kappa shape index (κ2) is 5.14. The molecule has 3 nitrogen and oxygen atoms in total. The number of hydrogen-bond donors (Lipinski definition) is 1. The topological polar surface area (TPSA) is 42.0 Å². The van der Waals surface area contributed by atoms with Crippen LogP contribution in [-0.2, 0) is 0 Å². The standard InChI is InChI=1S/C13H10ClFN2O/c1-8-4-5-9(7-11(8)15)13(18)17-12-10(14)3-2-6-16-12/h2-7H,1H3,(H,16,17,18). The van der Waals surface area contributed by atoms with Crippen molar-refractivity contribution in [2.24, 2.45) is 0 Å². The van der Waals surface area contributed by atoms with Crippen LogP contribution in [0.25, 0.3) is 0 Å². The number of carbonyl (C=O) groups excluding carboxylic acids is 1. The smallest absolute Gasteiger partial charge is 0.256 e. The average molecular weight is 265 g/mol. The molecule has 1 heterocycles. The Balaban J connectivity index is 2.22. The van der Waals surface area contributed by atoms with E-state index in [2.05, 4.69) is 10.3 Å². The molecule has 0 bridgehead atoms. The molecule has 0 spiro atoms. The first-order valence-electron chi connectivity index (χ1n) is 5.26. The van der Waals surface area contributed by atoms with Crippen LogP contribution >= 0.6 is 11.6 Å². The summed E-state index contributed by atoms with van der Waals surface area (Å²) in [5, 5.41) is 2.86. The lowest BCUT2D eigenvalue weighted by molar-refractivity contribution is 0.102. The fraction of sp³-hybridized carbons (Fsp3) is 0.0769. The number of rotatable bonds is 2. The summed E-state index contributed by atoms with van der Waals surface area (Å²) in [5.74, 6) is -0.616. The van der Waals surface area contributed by atoms with Crippen LogP contribution in [0.3, 0.4) is 0 Å². The molecule has 0 aliphatic rings. The first-order valence-corrected chi connectivity index (χ1v) is 5.64. The van der Waals surface area contributed by atoms with E-state index in [0.717, 1.165) is 0 Å². The largest absolute Gasteiger partial charge is 0.305 e. The minimum absolute atomic E-state index is 0.222. The number of halogens is 2. The number of nitrogens with one attached hydrogen (secondary N) is 1. The molecule has 0 saturated heterocycles. The van der Waals surface area contributed by atoms with Gasteiger partial charge >= 0.3 is 0 Å². The van der Waals surface area contributed by atoms with Crippen molar-refractivity contribution >= 4 is 23.3 Å². The number of aryl methyl sites for hydroxylation is 1. The first kappa shape index (κ1) is 12.5. The average Bonchev–Trinajstić information content (AvgIpc) is 2.35. The van der Waals surface area contributed by atoms with Crippen molar-refractivity contribution in [2.75, 3.05) is 5.32 Å². The maximum absolute atomic E-state index is 13.3. The lowest BCUT2D eigenvalue weighted by Crippen LogP contribution is -2.13. The third kappa shape index (κ3) is 2.65. The van der Waals surface area contributed by atoms with Crippen molar-refractivity contribution in [3.63, 3.8) is 0 Å². The summed E-state index contributed by atoms with van der Waals surface area (Å²) < 4.78 is 13.3. The summed E-state index contributed by atoms with van der Waals surface area (Å²) >= 11 is 5.86. The quantitative estimate of drug-likeness (QED) is 0.903. The Morgan fingerprint density at radius 3 is 2.83 bits per heavy atom. The first-order chi connectivity index (χ1) is 8.58. The number of aromatic nitrogens is 1. The molecule has 1 aromatic heterocycles. The van der Waals surface area contributed by atoms with Gasteiger partial charge in [0, 0.05) is 11.8 Å². The van der Waals surface area contributed by atoms with Crippen molar-refractivity contribution in [1.29, 1.82) is 0 Å². The predicted molar refractivity (Wildman–Crippen MR) is 68.3 cm³/mol. The second-order valence-corrected chi connectivity index (χ2v) is 4.16. The van der Waals surface area contributed by atoms with Gasteiger partial charge in [-0.1, -0.05) is 17.7 Å². The van der Waals surface area contributed by atoms with Crippen LogP contribution in [0, 0.1) is 12.7 Å². The van der Waals surface area contributed by atoms with Crippen LogP contribution in [0.1, 0.15) is 15.9 Å². The zero-order valence-electron chi connectivity index (χ0n) is 9.58. The normalized spacial score (nSPS) is 10.2. The van der Waals surface area contributed by atoms with Crippen LogP contribution in [0.15, 0.2) is 36.5 Å². The van der Waals surface area contributed by atoms with E-state index in [0.29, 0.717) is 10.6 Å². The fourth-order valence-corrected chi connectivity index (χ4v) is 1.56. The van der Waals surface area contributed by atoms with Gasteiger partial charge < -0.3 is 5.32 Å². The maximum atomic E-state index is 13.3. The highest BCUT2D eigenvalue weighted by molar-refractivity contribution is 6.33. The summed E-state index contributed by atoms with van der Waals surface area (Å²) in [6.45, 7) is 1.63. The summed E-state index contributed by atoms with van der Waals surface area (Å²) in [4.78, 5) is 15.8. The van der Waals surface area contributed by atoms with E-state index in [1.54, 1.807) is 31.2 Å². The minimum Gasteiger partial charge on any atom is -0.305 e. The molecule has 1 aromatic carbocycles. The van der Waals surface area contributed by atoms with Crippen molar-refractivity contribution in [2.45, 2.75) is 6.92 Å². The Morgan fingerprint density at radius 1 is 1.39 bits per heavy atom. The predicted octanol–water partition coefficient (Wildman–Crippen LogP) is 3.43. The van der Waals surface area contributed by atoms with Gasteiger partial charge in [0.1, 0.15) is 5.82 Å². The van der Waals surface area contributed by atoms with E-state index >= 15 is 0 Å². The van der Waals surface area contributed by atoms with Crippen LogP contribution < -0.4 is 5.32 Å². The van der Waals surface area contributed by atoms with E-state index in [4.69, 9.17) is 11.6 Å². The molecule has 2 aromatic rings. The number of carbonyl (C=O) groups is 1. The highest BCUT2D eigenvalue weighted by Crippen LogP contribution is 2.18. The summed E-state index contributed by atoms with van der Waals surface area (Å²) in [5.41, 5.74) is 0.710. The van der Waals surface area contributed by atoms with Crippen molar-refractivity contribution in [3.05, 3.63) is 58.5 Å². The molecule has 18 heavy (non-hydrogen) atoms. The Bertz CT molecular complexity index is 601. The molecule has 0 atom stereocenters. The van der Waals surface area contributed by atoms with Gasteiger partial charge in [0.25, 0.3) is 5.91 Å². The van der Waals surface area contributed by atoms with Gasteiger partial charge in [-0.3, -0.25) is 4.79 Å². The zero-order chi connectivity index (χ0) is 13.1. The molecule has 0 aliphatic heterocycles. The molecule has 0 saturated carbocycles. The second-order valence-electron chi connectivity index (χ2n) is 3.75. The lowest BCUT2D eigenvalue weighted by Gasteiger charge is -2.06. The van der Waals surface area contributed by atoms with E-state index in [-0.39, 0.29) is 11.4 Å². The van der Waals surface area contributed by atoms with Crippen molar-refractivity contribution in [3.8, 4) is 0 Å². The molecule has 2 rings (SSSR count). The molecule has 0 aliphatic carbocycles. The van der Waals surface area contributed by atoms with Gasteiger partial charge in [0.05, 0.1) is 5.02 Å². The molecule has 1 N–H and O–H groups in total. The van der Waals surface area contributed by atoms with Gasteiger partial charge in [-0.2, -0.15) is 0 Å². The van der Waals surface area contributed by atoms with Crippen LogP contribution in [0.2, 0.25) is 5.02 Å². The van der Waals surface area contributed by atoms with Gasteiger partial charge in [0.15, 0.2) is 5.82 Å². The Hall–Kier alpha value is -1.94. The third-order valence-electron chi connectivity index (χ3n) is 2.42. The Labute approximate surface area is 109 Å².